The van der Waals surface area contributed by atoms with Crippen molar-refractivity contribution >= 4 is 17.5 Å². The van der Waals surface area contributed by atoms with Crippen LogP contribution in [-0.2, 0) is 11.2 Å². The van der Waals surface area contributed by atoms with Crippen molar-refractivity contribution in [3.05, 3.63) is 70.8 Å². The highest BCUT2D eigenvalue weighted by Gasteiger charge is 2.49. The molecule has 5 nitrogen and oxygen atoms in total. The number of halogens is 2. The first kappa shape index (κ1) is 26.5. The molecule has 1 aliphatic heterocycles. The molecule has 0 saturated heterocycles. The van der Waals surface area contributed by atoms with Crippen LogP contribution in [0, 0.1) is 29.4 Å². The van der Waals surface area contributed by atoms with E-state index < -0.39 is 17.3 Å². The van der Waals surface area contributed by atoms with E-state index in [0.717, 1.165) is 49.7 Å². The lowest BCUT2D eigenvalue weighted by Crippen LogP contribution is -2.50. The van der Waals surface area contributed by atoms with Crippen molar-refractivity contribution in [2.75, 3.05) is 13.1 Å². The maximum atomic E-state index is 14.7. The molecule has 0 atom stereocenters. The molecular formula is C31H37F2N3O2. The Labute approximate surface area is 223 Å². The molecule has 3 aliphatic rings. The third-order valence-corrected chi connectivity index (χ3v) is 8.61. The van der Waals surface area contributed by atoms with E-state index in [0.29, 0.717) is 36.9 Å². The predicted octanol–water partition coefficient (Wildman–Crippen LogP) is 5.91. The highest BCUT2D eigenvalue weighted by atomic mass is 19.1. The second-order valence-corrected chi connectivity index (χ2v) is 11.5. The number of hydrogen-bond acceptors (Lipinski definition) is 3. The summed E-state index contributed by atoms with van der Waals surface area (Å²) in [6.07, 6.45) is 7.55. The second kappa shape index (κ2) is 11.0. The van der Waals surface area contributed by atoms with Gasteiger partial charge in [0.05, 0.1) is 0 Å². The lowest BCUT2D eigenvalue weighted by atomic mass is 9.76. The molecule has 2 aliphatic carbocycles. The van der Waals surface area contributed by atoms with E-state index in [1.54, 1.807) is 4.90 Å². The van der Waals surface area contributed by atoms with Gasteiger partial charge in [-0.3, -0.25) is 14.6 Å². The summed E-state index contributed by atoms with van der Waals surface area (Å²) in [7, 11) is 0. The Bertz CT molecular complexity index is 1210. The third kappa shape index (κ3) is 5.67. The number of carbonyl (C=O) groups excluding carboxylic acids is 2. The summed E-state index contributed by atoms with van der Waals surface area (Å²) in [6.45, 7) is 5.59. The van der Waals surface area contributed by atoms with E-state index in [2.05, 4.69) is 19.2 Å². The van der Waals surface area contributed by atoms with Gasteiger partial charge in [0.15, 0.2) is 0 Å². The summed E-state index contributed by atoms with van der Waals surface area (Å²) in [4.78, 5) is 32.7. The fourth-order valence-corrected chi connectivity index (χ4v) is 5.91. The minimum atomic E-state index is -0.768. The van der Waals surface area contributed by atoms with Crippen LogP contribution in [0.2, 0.25) is 0 Å². The first-order valence-electron chi connectivity index (χ1n) is 14.0. The number of rotatable bonds is 9. The van der Waals surface area contributed by atoms with Gasteiger partial charge in [0.2, 0.25) is 0 Å². The van der Waals surface area contributed by atoms with Crippen molar-refractivity contribution in [3.63, 3.8) is 0 Å². The Balaban J connectivity index is 1.29. The first-order chi connectivity index (χ1) is 18.3. The molecule has 202 valence electrons. The van der Waals surface area contributed by atoms with Crippen molar-refractivity contribution < 1.29 is 18.4 Å². The van der Waals surface area contributed by atoms with E-state index in [4.69, 9.17) is 4.99 Å². The molecule has 0 bridgehead atoms. The lowest BCUT2D eigenvalue weighted by molar-refractivity contribution is -0.129. The number of amides is 2. The maximum Gasteiger partial charge on any atom is 0.274 e. The minimum absolute atomic E-state index is 0.0568. The molecule has 2 fully saturated rings. The monoisotopic (exact) mass is 521 g/mol. The van der Waals surface area contributed by atoms with Crippen molar-refractivity contribution in [1.82, 2.24) is 10.2 Å². The van der Waals surface area contributed by atoms with Crippen LogP contribution in [0.15, 0.2) is 47.5 Å². The zero-order chi connectivity index (χ0) is 26.9. The molecule has 0 unspecified atom stereocenters. The predicted molar refractivity (Wildman–Crippen MR) is 144 cm³/mol. The summed E-state index contributed by atoms with van der Waals surface area (Å²) in [6, 6.07) is 10.8. The molecule has 2 aromatic rings. The fourth-order valence-electron chi connectivity index (χ4n) is 5.91. The Morgan fingerprint density at radius 3 is 2.42 bits per heavy atom. The normalized spacial score (nSPS) is 23.3. The largest absolute Gasteiger partial charge is 0.352 e. The number of carbonyl (C=O) groups is 2. The van der Waals surface area contributed by atoms with Crippen LogP contribution < -0.4 is 5.32 Å². The summed E-state index contributed by atoms with van der Waals surface area (Å²) in [5.74, 6) is 0.0936. The van der Waals surface area contributed by atoms with Crippen LogP contribution in [-0.4, -0.2) is 41.2 Å². The van der Waals surface area contributed by atoms with Crippen molar-refractivity contribution in [3.8, 4) is 0 Å². The average Bonchev–Trinajstić information content (AvgIpc) is 3.68. The summed E-state index contributed by atoms with van der Waals surface area (Å²) >= 11 is 0. The van der Waals surface area contributed by atoms with Gasteiger partial charge in [0.25, 0.3) is 11.8 Å². The highest BCUT2D eigenvalue weighted by Crippen LogP contribution is 2.43. The quantitative estimate of drug-likeness (QED) is 0.446. The smallest absolute Gasteiger partial charge is 0.274 e. The summed E-state index contributed by atoms with van der Waals surface area (Å²) in [5, 5.41) is 2.99. The Hall–Kier alpha value is -3.09. The summed E-state index contributed by atoms with van der Waals surface area (Å²) in [5.41, 5.74) is 1.09. The molecule has 38 heavy (non-hydrogen) atoms. The van der Waals surface area contributed by atoms with Gasteiger partial charge in [-0.05, 0) is 86.1 Å². The van der Waals surface area contributed by atoms with Gasteiger partial charge >= 0.3 is 0 Å². The van der Waals surface area contributed by atoms with Gasteiger partial charge in [-0.1, -0.05) is 38.8 Å². The topological polar surface area (TPSA) is 61.8 Å². The number of benzene rings is 2. The number of nitrogens with one attached hydrogen (secondary N) is 1. The molecule has 1 heterocycles. The zero-order valence-electron chi connectivity index (χ0n) is 22.3. The molecule has 2 amide bonds. The average molecular weight is 522 g/mol. The van der Waals surface area contributed by atoms with Crippen LogP contribution in [0.3, 0.4) is 0 Å². The van der Waals surface area contributed by atoms with Gasteiger partial charge in [-0.15, -0.1) is 0 Å². The first-order valence-corrected chi connectivity index (χ1v) is 14.0. The molecule has 0 aromatic heterocycles. The lowest BCUT2D eigenvalue weighted by Gasteiger charge is -2.42. The van der Waals surface area contributed by atoms with Crippen molar-refractivity contribution in [1.29, 1.82) is 0 Å². The van der Waals surface area contributed by atoms with Gasteiger partial charge in [0, 0.05) is 30.3 Å². The van der Waals surface area contributed by atoms with Gasteiger partial charge in [0.1, 0.15) is 23.0 Å². The molecule has 0 radical (unpaired) electrons. The number of aliphatic imine (C=N–C) groups is 1. The van der Waals surface area contributed by atoms with E-state index in [1.165, 1.54) is 25.0 Å². The minimum Gasteiger partial charge on any atom is -0.352 e. The maximum absolute atomic E-state index is 14.7. The number of nitrogens with zero attached hydrogens (tertiary/aromatic N) is 2. The van der Waals surface area contributed by atoms with Gasteiger partial charge in [-0.2, -0.15) is 0 Å². The highest BCUT2D eigenvalue weighted by molar-refractivity contribution is 6.46. The van der Waals surface area contributed by atoms with Crippen LogP contribution in [0.4, 0.5) is 8.78 Å². The van der Waals surface area contributed by atoms with Gasteiger partial charge in [-0.25, -0.2) is 8.78 Å². The molecule has 1 spiro atoms. The Morgan fingerprint density at radius 2 is 1.79 bits per heavy atom. The standard InChI is InChI=1S/C31H37F2N3O2/c1-20(2)23-11-15-31(16-12-23)35-28(26-10-9-25(32)19-27(26)33)30(38)36(31)18-14-22-5-7-24(8-6-22)29(37)34-17-13-21-3-4-21/h5-10,19-21,23H,3-4,11-18H2,1-2H3,(H,34,37). The van der Waals surface area contributed by atoms with Crippen molar-refractivity contribution in [2.45, 2.75) is 70.9 Å². The molecule has 7 heteroatoms. The molecule has 2 saturated carbocycles. The fraction of sp³-hybridized carbons (Fsp3) is 0.516. The SMILES string of the molecule is CC(C)C1CCC2(CC1)N=C(c1ccc(F)cc1F)C(=O)N2CCc1ccc(C(=O)NCCC2CC2)cc1. The van der Waals surface area contributed by atoms with E-state index in [9.17, 15) is 18.4 Å². The van der Waals surface area contributed by atoms with Crippen LogP contribution in [0.5, 0.6) is 0 Å². The van der Waals surface area contributed by atoms with Crippen LogP contribution in [0.25, 0.3) is 0 Å². The number of hydrogen-bond donors (Lipinski definition) is 1. The zero-order valence-corrected chi connectivity index (χ0v) is 22.3. The summed E-state index contributed by atoms with van der Waals surface area (Å²) < 4.78 is 28.2. The van der Waals surface area contributed by atoms with Crippen LogP contribution in [0.1, 0.15) is 80.3 Å². The molecule has 2 aromatic carbocycles. The van der Waals surface area contributed by atoms with E-state index in [-0.39, 0.29) is 23.1 Å². The van der Waals surface area contributed by atoms with Gasteiger partial charge < -0.3 is 10.2 Å². The van der Waals surface area contributed by atoms with E-state index >= 15 is 0 Å². The van der Waals surface area contributed by atoms with Crippen molar-refractivity contribution in [2.24, 2.45) is 22.7 Å². The molecule has 1 N–H and O–H groups in total. The third-order valence-electron chi connectivity index (χ3n) is 8.61. The van der Waals surface area contributed by atoms with Crippen LogP contribution >= 0.6 is 0 Å². The van der Waals surface area contributed by atoms with E-state index in [1.807, 2.05) is 24.3 Å². The Morgan fingerprint density at radius 1 is 1.08 bits per heavy atom. The Kier molecular flexibility index (Phi) is 7.64. The molecule has 5 rings (SSSR count). The molecular weight excluding hydrogens is 484 g/mol. The second-order valence-electron chi connectivity index (χ2n) is 11.5.